The van der Waals surface area contributed by atoms with E-state index in [1.807, 2.05) is 0 Å². The lowest BCUT2D eigenvalue weighted by molar-refractivity contribution is -0.275. The summed E-state index contributed by atoms with van der Waals surface area (Å²) in [6.07, 6.45) is -1.93. The SMILES string of the molecule is COc1ccc(C(NS(=O)(=O)c2ccccc2OC(F)(F)F)c2nccn2C)cc1. The lowest BCUT2D eigenvalue weighted by Crippen LogP contribution is -2.32. The van der Waals surface area contributed by atoms with Gasteiger partial charge in [-0.3, -0.25) is 0 Å². The number of ether oxygens (including phenoxy) is 2. The molecule has 11 heteroatoms. The van der Waals surface area contributed by atoms with Gasteiger partial charge in [0.05, 0.1) is 7.11 Å². The van der Waals surface area contributed by atoms with E-state index in [9.17, 15) is 21.6 Å². The molecule has 0 saturated carbocycles. The zero-order valence-electron chi connectivity index (χ0n) is 15.9. The Morgan fingerprint density at radius 3 is 2.33 bits per heavy atom. The third-order valence-electron chi connectivity index (χ3n) is 4.20. The van der Waals surface area contributed by atoms with Crippen LogP contribution in [0.3, 0.4) is 0 Å². The minimum Gasteiger partial charge on any atom is -0.497 e. The first kappa shape index (κ1) is 21.7. The summed E-state index contributed by atoms with van der Waals surface area (Å²) < 4.78 is 77.3. The van der Waals surface area contributed by atoms with E-state index in [2.05, 4.69) is 14.4 Å². The van der Waals surface area contributed by atoms with Gasteiger partial charge < -0.3 is 14.0 Å². The van der Waals surface area contributed by atoms with Crippen molar-refractivity contribution in [1.29, 1.82) is 0 Å². The summed E-state index contributed by atoms with van der Waals surface area (Å²) in [5, 5.41) is 0. The van der Waals surface area contributed by atoms with Gasteiger partial charge in [-0.1, -0.05) is 24.3 Å². The molecule has 1 heterocycles. The van der Waals surface area contributed by atoms with Gasteiger partial charge in [0.1, 0.15) is 28.3 Å². The summed E-state index contributed by atoms with van der Waals surface area (Å²) in [5.74, 6) is 0.0768. The van der Waals surface area contributed by atoms with Crippen LogP contribution in [0.5, 0.6) is 11.5 Å². The van der Waals surface area contributed by atoms with Crippen molar-refractivity contribution in [3.63, 3.8) is 0 Å². The Kier molecular flexibility index (Phi) is 6.04. The normalized spacial score (nSPS) is 13.1. The van der Waals surface area contributed by atoms with Crippen molar-refractivity contribution >= 4 is 10.0 Å². The van der Waals surface area contributed by atoms with Crippen LogP contribution in [0.15, 0.2) is 65.8 Å². The molecule has 0 spiro atoms. The van der Waals surface area contributed by atoms with Crippen molar-refractivity contribution in [3.8, 4) is 11.5 Å². The van der Waals surface area contributed by atoms with Crippen molar-refractivity contribution in [2.24, 2.45) is 7.05 Å². The highest BCUT2D eigenvalue weighted by Gasteiger charge is 2.35. The Balaban J connectivity index is 2.03. The number of nitrogens with zero attached hydrogens (tertiary/aromatic N) is 2. The summed E-state index contributed by atoms with van der Waals surface area (Å²) in [4.78, 5) is 3.54. The molecule has 0 fully saturated rings. The topological polar surface area (TPSA) is 82.4 Å². The number of para-hydroxylation sites is 1. The fourth-order valence-corrected chi connectivity index (χ4v) is 4.13. The molecule has 160 valence electrons. The minimum atomic E-state index is -5.04. The molecule has 3 rings (SSSR count). The molecule has 3 aromatic rings. The average molecular weight is 441 g/mol. The molecule has 7 nitrogen and oxygen atoms in total. The fourth-order valence-electron chi connectivity index (χ4n) is 2.82. The second kappa shape index (κ2) is 8.36. The van der Waals surface area contributed by atoms with Crippen molar-refractivity contribution < 1.29 is 31.1 Å². The van der Waals surface area contributed by atoms with Crippen LogP contribution in [0.1, 0.15) is 17.4 Å². The monoisotopic (exact) mass is 441 g/mol. The van der Waals surface area contributed by atoms with Crippen molar-refractivity contribution in [1.82, 2.24) is 14.3 Å². The number of nitrogens with one attached hydrogen (secondary N) is 1. The highest BCUT2D eigenvalue weighted by atomic mass is 32.2. The van der Waals surface area contributed by atoms with Crippen LogP contribution in [0.25, 0.3) is 0 Å². The maximum Gasteiger partial charge on any atom is 0.573 e. The number of rotatable bonds is 7. The van der Waals surface area contributed by atoms with Crippen molar-refractivity contribution in [2.45, 2.75) is 17.3 Å². The Hall–Kier alpha value is -3.05. The predicted octanol–water partition coefficient (Wildman–Crippen LogP) is 3.40. The Bertz CT molecular complexity index is 1110. The first-order valence-electron chi connectivity index (χ1n) is 8.59. The minimum absolute atomic E-state index is 0.345. The summed E-state index contributed by atoms with van der Waals surface area (Å²) in [5.41, 5.74) is 0.517. The van der Waals surface area contributed by atoms with E-state index in [0.29, 0.717) is 17.1 Å². The Morgan fingerprint density at radius 2 is 1.77 bits per heavy atom. The summed E-state index contributed by atoms with van der Waals surface area (Å²) in [6, 6.07) is 10.1. The van der Waals surface area contributed by atoms with E-state index >= 15 is 0 Å². The number of aryl methyl sites for hydroxylation is 1. The van der Waals surface area contributed by atoms with Gasteiger partial charge in [-0.15, -0.1) is 13.2 Å². The van der Waals surface area contributed by atoms with E-state index in [4.69, 9.17) is 4.74 Å². The summed E-state index contributed by atoms with van der Waals surface area (Å²) in [7, 11) is -1.26. The van der Waals surface area contributed by atoms with E-state index in [-0.39, 0.29) is 0 Å². The standard InChI is InChI=1S/C19H18F3N3O4S/c1-25-12-11-23-18(25)17(13-7-9-14(28-2)10-8-13)24-30(26,27)16-6-4-3-5-15(16)29-19(20,21)22/h3-12,17,24H,1-2H3. The zero-order valence-corrected chi connectivity index (χ0v) is 16.7. The van der Waals surface area contributed by atoms with Gasteiger partial charge in [0, 0.05) is 19.4 Å². The Labute approximate surface area is 171 Å². The van der Waals surface area contributed by atoms with Crippen LogP contribution < -0.4 is 14.2 Å². The highest BCUT2D eigenvalue weighted by molar-refractivity contribution is 7.89. The zero-order chi connectivity index (χ0) is 21.9. The second-order valence-electron chi connectivity index (χ2n) is 6.22. The lowest BCUT2D eigenvalue weighted by Gasteiger charge is -2.21. The molecule has 0 aliphatic heterocycles. The molecular weight excluding hydrogens is 423 g/mol. The average Bonchev–Trinajstić information content (AvgIpc) is 3.11. The number of sulfonamides is 1. The van der Waals surface area contributed by atoms with Gasteiger partial charge in [-0.25, -0.2) is 13.4 Å². The van der Waals surface area contributed by atoms with Gasteiger partial charge in [-0.05, 0) is 29.8 Å². The summed E-state index contributed by atoms with van der Waals surface area (Å²) >= 11 is 0. The summed E-state index contributed by atoms with van der Waals surface area (Å²) in [6.45, 7) is 0. The van der Waals surface area contributed by atoms with Gasteiger partial charge >= 0.3 is 6.36 Å². The van der Waals surface area contributed by atoms with E-state index in [1.165, 1.54) is 25.4 Å². The third kappa shape index (κ3) is 4.92. The number of benzene rings is 2. The quantitative estimate of drug-likeness (QED) is 0.608. The molecular formula is C19H18F3N3O4S. The maximum absolute atomic E-state index is 13.0. The number of hydrogen-bond donors (Lipinski definition) is 1. The molecule has 0 saturated heterocycles. The number of aromatic nitrogens is 2. The molecule has 1 unspecified atom stereocenters. The lowest BCUT2D eigenvalue weighted by atomic mass is 10.1. The Morgan fingerprint density at radius 1 is 1.10 bits per heavy atom. The van der Waals surface area contributed by atoms with Crippen LogP contribution in [-0.4, -0.2) is 31.4 Å². The molecule has 2 aromatic carbocycles. The van der Waals surface area contributed by atoms with Crippen LogP contribution in [-0.2, 0) is 17.1 Å². The van der Waals surface area contributed by atoms with Gasteiger partial charge in [-0.2, -0.15) is 4.72 Å². The molecule has 1 aromatic heterocycles. The number of hydrogen-bond acceptors (Lipinski definition) is 5. The van der Waals surface area contributed by atoms with E-state index < -0.39 is 33.1 Å². The molecule has 30 heavy (non-hydrogen) atoms. The van der Waals surface area contributed by atoms with Crippen LogP contribution >= 0.6 is 0 Å². The van der Waals surface area contributed by atoms with Crippen LogP contribution in [0.4, 0.5) is 13.2 Å². The van der Waals surface area contributed by atoms with Crippen LogP contribution in [0, 0.1) is 0 Å². The third-order valence-corrected chi connectivity index (χ3v) is 5.67. The first-order chi connectivity index (χ1) is 14.1. The van der Waals surface area contributed by atoms with Gasteiger partial charge in [0.15, 0.2) is 0 Å². The van der Waals surface area contributed by atoms with E-state index in [1.54, 1.807) is 42.1 Å². The number of halogens is 3. The van der Waals surface area contributed by atoms with Crippen LogP contribution in [0.2, 0.25) is 0 Å². The predicted molar refractivity (Wildman–Crippen MR) is 101 cm³/mol. The fraction of sp³-hybridized carbons (Fsp3) is 0.211. The molecule has 1 atom stereocenters. The van der Waals surface area contributed by atoms with Crippen molar-refractivity contribution in [3.05, 3.63) is 72.3 Å². The largest absolute Gasteiger partial charge is 0.573 e. The highest BCUT2D eigenvalue weighted by Crippen LogP contribution is 2.31. The molecule has 0 amide bonds. The molecule has 0 aliphatic carbocycles. The van der Waals surface area contributed by atoms with E-state index in [0.717, 1.165) is 12.1 Å². The molecule has 0 aliphatic rings. The van der Waals surface area contributed by atoms with Gasteiger partial charge in [0.2, 0.25) is 10.0 Å². The van der Waals surface area contributed by atoms with Gasteiger partial charge in [0.25, 0.3) is 0 Å². The maximum atomic E-state index is 13.0. The first-order valence-corrected chi connectivity index (χ1v) is 10.1. The molecule has 0 bridgehead atoms. The number of alkyl halides is 3. The number of imidazole rings is 1. The second-order valence-corrected chi connectivity index (χ2v) is 7.90. The number of methoxy groups -OCH3 is 1. The smallest absolute Gasteiger partial charge is 0.497 e. The molecule has 0 radical (unpaired) electrons. The van der Waals surface area contributed by atoms with Crippen molar-refractivity contribution in [2.75, 3.05) is 7.11 Å². The molecule has 1 N–H and O–H groups in total.